The van der Waals surface area contributed by atoms with Crippen LogP contribution in [0.3, 0.4) is 0 Å². The zero-order valence-corrected chi connectivity index (χ0v) is 12.2. The van der Waals surface area contributed by atoms with E-state index >= 15 is 0 Å². The summed E-state index contributed by atoms with van der Waals surface area (Å²) in [6.45, 7) is 0. The van der Waals surface area contributed by atoms with Gasteiger partial charge in [-0.2, -0.15) is 0 Å². The molecule has 0 atom stereocenters. The van der Waals surface area contributed by atoms with Crippen LogP contribution in [0.4, 0.5) is 0 Å². The molecule has 28 valence electrons. The number of hydrogen-bond donors (Lipinski definition) is 0. The average Bonchev–Trinajstić information content (AvgIpc) is 1.50. The second kappa shape index (κ2) is 31.4. The van der Waals surface area contributed by atoms with Gasteiger partial charge in [-0.1, -0.05) is 0 Å². The van der Waals surface area contributed by atoms with Crippen LogP contribution in [0.5, 0.6) is 0 Å². The van der Waals surface area contributed by atoms with E-state index in [2.05, 4.69) is 0 Å². The fraction of sp³-hybridized carbons (Fsp3) is 1.00. The number of hydrogen-bond acceptors (Lipinski definition) is 0. The first kappa shape index (κ1) is 15.6. The monoisotopic (exact) mass is 404 g/mol. The maximum atomic E-state index is 2.01. The fourth-order valence-corrected chi connectivity index (χ4v) is 0. The van der Waals surface area contributed by atoms with Crippen molar-refractivity contribution in [1.82, 2.24) is 0 Å². The summed E-state index contributed by atoms with van der Waals surface area (Å²) in [4.78, 5) is 4.02. The van der Waals surface area contributed by atoms with Gasteiger partial charge < -0.3 is 0 Å². The van der Waals surface area contributed by atoms with Crippen LogP contribution in [0, 0.1) is 0 Å². The van der Waals surface area contributed by atoms with E-state index in [9.17, 15) is 0 Å². The number of rotatable bonds is 0. The minimum absolute atomic E-state index is 0. The Bertz CT molecular complexity index is 7.61. The predicted octanol–water partition coefficient (Wildman–Crippen LogP) is 0.403. The predicted molar refractivity (Wildman–Crippen MR) is 23.2 cm³/mol. The third kappa shape index (κ3) is 21.1. The molecule has 0 heterocycles. The molecule has 0 aromatic rings. The summed E-state index contributed by atoms with van der Waals surface area (Å²) in [7, 11) is 0. The first-order valence-corrected chi connectivity index (χ1v) is 5.48. The Morgan fingerprint density at radius 3 is 0.800 bits per heavy atom. The maximum absolute atomic E-state index is 2.01. The molecule has 0 aliphatic carbocycles. The standard InChI is InChI=1S/2CH3Te.Cd/c2*1-2;/h2*1H3;. The van der Waals surface area contributed by atoms with Crippen molar-refractivity contribution < 1.29 is 27.3 Å². The van der Waals surface area contributed by atoms with Crippen molar-refractivity contribution in [3.8, 4) is 0 Å². The Morgan fingerprint density at radius 2 is 0.800 bits per heavy atom. The topological polar surface area (TPSA) is 0 Å². The molecule has 0 spiro atoms. The first-order valence-electron chi connectivity index (χ1n) is 0.816. The third-order valence-electron chi connectivity index (χ3n) is 0. The molecule has 2 radical (unpaired) electrons. The van der Waals surface area contributed by atoms with Gasteiger partial charge in [0.05, 0.1) is 0 Å². The zero-order valence-electron chi connectivity index (χ0n) is 3.52. The molecule has 0 aromatic heterocycles. The summed E-state index contributed by atoms with van der Waals surface area (Å²) in [6.07, 6.45) is 0. The van der Waals surface area contributed by atoms with Crippen LogP contribution >= 0.6 is 0 Å². The van der Waals surface area contributed by atoms with Crippen LogP contribution in [0.2, 0.25) is 9.94 Å². The van der Waals surface area contributed by atoms with Gasteiger partial charge in [-0.05, 0) is 0 Å². The van der Waals surface area contributed by atoms with E-state index in [0.29, 0.717) is 0 Å². The summed E-state index contributed by atoms with van der Waals surface area (Å²) in [5.74, 6) is 0. The molecule has 0 bridgehead atoms. The summed E-state index contributed by atoms with van der Waals surface area (Å²) >= 11 is 3.90. The first-order chi connectivity index (χ1) is 2.00. The van der Waals surface area contributed by atoms with Crippen molar-refractivity contribution >= 4 is 44.6 Å². The van der Waals surface area contributed by atoms with Gasteiger partial charge in [0.1, 0.15) is 0 Å². The molecule has 0 fully saturated rings. The SMILES string of the molecule is C[Te].C[Te].[Cd]. The van der Waals surface area contributed by atoms with Crippen molar-refractivity contribution in [1.29, 1.82) is 0 Å². The van der Waals surface area contributed by atoms with E-state index in [1.54, 1.807) is 0 Å². The van der Waals surface area contributed by atoms with Crippen molar-refractivity contribution in [2.75, 3.05) is 0 Å². The normalized spacial score (nSPS) is 2.40. The van der Waals surface area contributed by atoms with Crippen molar-refractivity contribution in [3.05, 3.63) is 0 Å². The summed E-state index contributed by atoms with van der Waals surface area (Å²) in [5.41, 5.74) is 0. The Labute approximate surface area is 80.4 Å². The zero-order chi connectivity index (χ0) is 4.00. The van der Waals surface area contributed by atoms with Crippen molar-refractivity contribution in [2.45, 2.75) is 9.94 Å². The summed E-state index contributed by atoms with van der Waals surface area (Å²) in [6, 6.07) is 0. The van der Waals surface area contributed by atoms with Gasteiger partial charge in [-0.3, -0.25) is 0 Å². The van der Waals surface area contributed by atoms with Gasteiger partial charge in [-0.15, -0.1) is 0 Å². The van der Waals surface area contributed by atoms with E-state index in [4.69, 9.17) is 0 Å². The van der Waals surface area contributed by atoms with Crippen molar-refractivity contribution in [2.24, 2.45) is 0 Å². The van der Waals surface area contributed by atoms with E-state index in [-0.39, 0.29) is 27.3 Å². The van der Waals surface area contributed by atoms with Gasteiger partial charge >= 0.3 is 54.5 Å². The molecule has 0 saturated heterocycles. The second-order valence-electron chi connectivity index (χ2n) is 0. The molecule has 0 amide bonds. The second-order valence-corrected chi connectivity index (χ2v) is 0. The molecule has 0 rings (SSSR count). The minimum Gasteiger partial charge on any atom is 0 e. The Kier molecular flexibility index (Phi) is 98.4. The van der Waals surface area contributed by atoms with Gasteiger partial charge in [0.25, 0.3) is 0 Å². The van der Waals surface area contributed by atoms with Gasteiger partial charge in [0.2, 0.25) is 0 Å². The quantitative estimate of drug-likeness (QED) is 0.519. The molecular weight excluding hydrogens is 392 g/mol. The fourth-order valence-electron chi connectivity index (χ4n) is 0. The summed E-state index contributed by atoms with van der Waals surface area (Å²) in [5, 5.41) is 0. The summed E-state index contributed by atoms with van der Waals surface area (Å²) < 4.78 is 0. The van der Waals surface area contributed by atoms with Gasteiger partial charge in [0, 0.05) is 27.3 Å². The average molecular weight is 398 g/mol. The maximum Gasteiger partial charge on any atom is 0 e. The van der Waals surface area contributed by atoms with Crippen LogP contribution < -0.4 is 0 Å². The molecule has 0 N–H and O–H groups in total. The van der Waals surface area contributed by atoms with E-state index in [1.165, 1.54) is 0 Å². The minimum atomic E-state index is 0. The molecule has 3 heteroatoms. The molecule has 0 unspecified atom stereocenters. The molecule has 0 nitrogen and oxygen atoms in total. The van der Waals surface area contributed by atoms with E-state index < -0.39 is 0 Å². The third-order valence-corrected chi connectivity index (χ3v) is 0. The van der Waals surface area contributed by atoms with Gasteiger partial charge in [0.15, 0.2) is 0 Å². The molecule has 0 saturated carbocycles. The van der Waals surface area contributed by atoms with Crippen LogP contribution in [0.25, 0.3) is 0 Å². The molecule has 5 heavy (non-hydrogen) atoms. The van der Waals surface area contributed by atoms with E-state index in [0.717, 1.165) is 0 Å². The van der Waals surface area contributed by atoms with Crippen LogP contribution in [0.1, 0.15) is 0 Å². The smallest absolute Gasteiger partial charge is 0 e. The Hall–Kier alpha value is 2.50. The largest absolute Gasteiger partial charge is 0 e. The molecular formula is C2H6CdTe2. The van der Waals surface area contributed by atoms with Crippen LogP contribution in [0.15, 0.2) is 0 Å². The van der Waals surface area contributed by atoms with E-state index in [1.807, 2.05) is 54.5 Å². The van der Waals surface area contributed by atoms with Crippen LogP contribution in [-0.2, 0) is 27.3 Å². The van der Waals surface area contributed by atoms with Gasteiger partial charge in [-0.25, -0.2) is 0 Å². The van der Waals surface area contributed by atoms with Crippen molar-refractivity contribution in [3.63, 3.8) is 0 Å². The molecule has 0 aliphatic heterocycles. The Morgan fingerprint density at radius 1 is 0.800 bits per heavy atom. The molecule has 0 aliphatic rings. The van der Waals surface area contributed by atoms with Crippen LogP contribution in [-0.4, -0.2) is 44.6 Å². The molecule has 0 aromatic carbocycles. The Balaban J connectivity index is -0.0000000133.